The molecule has 6 nitrogen and oxygen atoms in total. The lowest BCUT2D eigenvalue weighted by molar-refractivity contribution is -0.120. The van der Waals surface area contributed by atoms with Crippen molar-refractivity contribution in [3.05, 3.63) is 35.4 Å². The van der Waals surface area contributed by atoms with Crippen LogP contribution in [0.3, 0.4) is 0 Å². The van der Waals surface area contributed by atoms with Gasteiger partial charge in [0.25, 0.3) is 11.8 Å². The Morgan fingerprint density at radius 3 is 2.39 bits per heavy atom. The minimum absolute atomic E-state index is 0.139. The Labute approximate surface area is 102 Å². The molecule has 1 aliphatic heterocycles. The van der Waals surface area contributed by atoms with Crippen LogP contribution in [0.2, 0.25) is 0 Å². The third kappa shape index (κ3) is 1.73. The van der Waals surface area contributed by atoms with Crippen molar-refractivity contribution in [2.75, 3.05) is 4.90 Å². The molecule has 0 atom stereocenters. The summed E-state index contributed by atoms with van der Waals surface area (Å²) < 4.78 is 0. The molecule has 0 saturated heterocycles. The quantitative estimate of drug-likeness (QED) is 0.757. The van der Waals surface area contributed by atoms with Crippen LogP contribution in [0.4, 0.5) is 5.69 Å². The summed E-state index contributed by atoms with van der Waals surface area (Å²) in [5.74, 6) is -2.78. The summed E-state index contributed by atoms with van der Waals surface area (Å²) in [6.07, 6.45) is 1.19. The molecule has 0 radical (unpaired) electrons. The van der Waals surface area contributed by atoms with E-state index in [1.807, 2.05) is 0 Å². The predicted molar refractivity (Wildman–Crippen MR) is 61.3 cm³/mol. The van der Waals surface area contributed by atoms with Crippen LogP contribution in [-0.2, 0) is 9.59 Å². The molecular formula is C12H9NO5. The first kappa shape index (κ1) is 11.8. The van der Waals surface area contributed by atoms with Gasteiger partial charge >= 0.3 is 5.97 Å². The van der Waals surface area contributed by atoms with Crippen LogP contribution in [0.1, 0.15) is 17.3 Å². The molecular weight excluding hydrogens is 238 g/mol. The number of rotatable bonds is 2. The first-order valence-corrected chi connectivity index (χ1v) is 5.05. The van der Waals surface area contributed by atoms with Gasteiger partial charge in [0.2, 0.25) is 0 Å². The molecule has 2 rings (SSSR count). The lowest BCUT2D eigenvalue weighted by Crippen LogP contribution is -2.30. The molecule has 0 bridgehead atoms. The lowest BCUT2D eigenvalue weighted by Gasteiger charge is -2.15. The maximum atomic E-state index is 11.7. The third-order valence-corrected chi connectivity index (χ3v) is 2.57. The molecule has 2 N–H and O–H groups in total. The predicted octanol–water partition coefficient (Wildman–Crippen LogP) is 0.910. The fourth-order valence-corrected chi connectivity index (χ4v) is 1.67. The Kier molecular flexibility index (Phi) is 2.63. The van der Waals surface area contributed by atoms with Crippen molar-refractivity contribution in [1.82, 2.24) is 0 Å². The van der Waals surface area contributed by atoms with Gasteiger partial charge in [-0.3, -0.25) is 9.59 Å². The van der Waals surface area contributed by atoms with E-state index in [1.54, 1.807) is 0 Å². The van der Waals surface area contributed by atoms with Gasteiger partial charge in [-0.1, -0.05) is 0 Å². The smallest absolute Gasteiger partial charge is 0.339 e. The fraction of sp³-hybridized carbons (Fsp3) is 0.0833. The SMILES string of the molecule is CC1=CC(=O)N(c2ccc(C(=O)O)c(O)c2)C1=O. The number of nitrogens with zero attached hydrogens (tertiary/aromatic N) is 1. The Bertz CT molecular complexity index is 602. The average Bonchev–Trinajstić information content (AvgIpc) is 2.52. The number of hydrogen-bond acceptors (Lipinski definition) is 4. The maximum absolute atomic E-state index is 11.7. The highest BCUT2D eigenvalue weighted by atomic mass is 16.4. The highest BCUT2D eigenvalue weighted by Crippen LogP contribution is 2.28. The molecule has 6 heteroatoms. The number of aromatic hydroxyl groups is 1. The van der Waals surface area contributed by atoms with E-state index in [9.17, 15) is 19.5 Å². The van der Waals surface area contributed by atoms with E-state index in [1.165, 1.54) is 19.1 Å². The molecule has 0 unspecified atom stereocenters. The van der Waals surface area contributed by atoms with Crippen LogP contribution < -0.4 is 4.90 Å². The van der Waals surface area contributed by atoms with Crippen molar-refractivity contribution in [3.8, 4) is 5.75 Å². The van der Waals surface area contributed by atoms with Crippen molar-refractivity contribution in [1.29, 1.82) is 0 Å². The Morgan fingerprint density at radius 2 is 1.94 bits per heavy atom. The molecule has 0 aliphatic carbocycles. The minimum Gasteiger partial charge on any atom is -0.507 e. The van der Waals surface area contributed by atoms with Gasteiger partial charge < -0.3 is 10.2 Å². The second-order valence-electron chi connectivity index (χ2n) is 3.81. The Hall–Kier alpha value is -2.63. The van der Waals surface area contributed by atoms with E-state index in [0.29, 0.717) is 5.57 Å². The number of hydrogen-bond donors (Lipinski definition) is 2. The largest absolute Gasteiger partial charge is 0.507 e. The monoisotopic (exact) mass is 247 g/mol. The van der Waals surface area contributed by atoms with Crippen LogP contribution in [0.5, 0.6) is 5.75 Å². The molecule has 18 heavy (non-hydrogen) atoms. The van der Waals surface area contributed by atoms with E-state index in [0.717, 1.165) is 17.0 Å². The number of carboxylic acids is 1. The molecule has 1 aromatic rings. The van der Waals surface area contributed by atoms with Crippen LogP contribution in [0.15, 0.2) is 29.8 Å². The first-order chi connectivity index (χ1) is 8.41. The highest BCUT2D eigenvalue weighted by Gasteiger charge is 2.30. The van der Waals surface area contributed by atoms with Crippen molar-refractivity contribution in [2.45, 2.75) is 6.92 Å². The van der Waals surface area contributed by atoms with Crippen molar-refractivity contribution in [3.63, 3.8) is 0 Å². The third-order valence-electron chi connectivity index (χ3n) is 2.57. The zero-order valence-corrected chi connectivity index (χ0v) is 9.38. The summed E-state index contributed by atoms with van der Waals surface area (Å²) in [5, 5.41) is 18.3. The van der Waals surface area contributed by atoms with Gasteiger partial charge in [-0.05, 0) is 19.1 Å². The summed E-state index contributed by atoms with van der Waals surface area (Å²) >= 11 is 0. The lowest BCUT2D eigenvalue weighted by atomic mass is 10.1. The molecule has 0 spiro atoms. The number of aromatic carboxylic acids is 1. The van der Waals surface area contributed by atoms with Gasteiger partial charge in [-0.2, -0.15) is 0 Å². The second kappa shape index (κ2) is 3.99. The molecule has 1 aliphatic rings. The van der Waals surface area contributed by atoms with Crippen molar-refractivity contribution in [2.24, 2.45) is 0 Å². The van der Waals surface area contributed by atoms with Crippen molar-refractivity contribution < 1.29 is 24.6 Å². The number of phenols is 1. The zero-order valence-electron chi connectivity index (χ0n) is 9.38. The Morgan fingerprint density at radius 1 is 1.28 bits per heavy atom. The van der Waals surface area contributed by atoms with Gasteiger partial charge in [-0.15, -0.1) is 0 Å². The number of amides is 2. The summed E-state index contributed by atoms with van der Waals surface area (Å²) in [4.78, 5) is 34.8. The second-order valence-corrected chi connectivity index (χ2v) is 3.81. The van der Waals surface area contributed by atoms with Gasteiger partial charge in [0, 0.05) is 17.7 Å². The molecule has 0 saturated carbocycles. The van der Waals surface area contributed by atoms with E-state index in [-0.39, 0.29) is 11.3 Å². The normalized spacial score (nSPS) is 14.9. The van der Waals surface area contributed by atoms with Crippen molar-refractivity contribution >= 4 is 23.5 Å². The van der Waals surface area contributed by atoms with Gasteiger partial charge in [0.05, 0.1) is 5.69 Å². The van der Waals surface area contributed by atoms with Crippen LogP contribution >= 0.6 is 0 Å². The van der Waals surface area contributed by atoms with Crippen LogP contribution in [0.25, 0.3) is 0 Å². The van der Waals surface area contributed by atoms with Crippen LogP contribution in [0, 0.1) is 0 Å². The summed E-state index contributed by atoms with van der Waals surface area (Å²) in [7, 11) is 0. The molecule has 1 heterocycles. The van der Waals surface area contributed by atoms with Crippen LogP contribution in [-0.4, -0.2) is 28.0 Å². The number of carboxylic acid groups (broad SMARTS) is 1. The summed E-state index contributed by atoms with van der Waals surface area (Å²) in [6.45, 7) is 1.51. The molecule has 2 amide bonds. The average molecular weight is 247 g/mol. The topological polar surface area (TPSA) is 94.9 Å². The number of carbonyl (C=O) groups is 3. The summed E-state index contributed by atoms with van der Waals surface area (Å²) in [6, 6.07) is 3.51. The Balaban J connectivity index is 2.43. The van der Waals surface area contributed by atoms with E-state index in [4.69, 9.17) is 5.11 Å². The molecule has 1 aromatic carbocycles. The van der Waals surface area contributed by atoms with E-state index >= 15 is 0 Å². The van der Waals surface area contributed by atoms with Gasteiger partial charge in [0.1, 0.15) is 11.3 Å². The number of benzene rings is 1. The summed E-state index contributed by atoms with van der Waals surface area (Å²) in [5.41, 5.74) is 0.143. The standard InChI is InChI=1S/C12H9NO5/c1-6-4-10(15)13(11(6)16)7-2-3-8(12(17)18)9(14)5-7/h2-5,14H,1H3,(H,17,18). The molecule has 0 fully saturated rings. The molecule has 92 valence electrons. The van der Waals surface area contributed by atoms with E-state index < -0.39 is 23.5 Å². The highest BCUT2D eigenvalue weighted by molar-refractivity contribution is 6.30. The van der Waals surface area contributed by atoms with Gasteiger partial charge in [0.15, 0.2) is 0 Å². The number of carbonyl (C=O) groups excluding carboxylic acids is 2. The number of imide groups is 1. The maximum Gasteiger partial charge on any atom is 0.339 e. The fourth-order valence-electron chi connectivity index (χ4n) is 1.67. The zero-order chi connectivity index (χ0) is 13.4. The van der Waals surface area contributed by atoms with Gasteiger partial charge in [-0.25, -0.2) is 9.69 Å². The number of anilines is 1. The molecule has 0 aromatic heterocycles. The first-order valence-electron chi connectivity index (χ1n) is 5.05. The minimum atomic E-state index is -1.28. The van der Waals surface area contributed by atoms with E-state index in [2.05, 4.69) is 0 Å².